The Morgan fingerprint density at radius 2 is 1.72 bits per heavy atom. The number of piperidine rings is 1. The molecule has 0 atom stereocenters. The van der Waals surface area contributed by atoms with Gasteiger partial charge in [0.15, 0.2) is 6.61 Å². The minimum atomic E-state index is -3.85. The van der Waals surface area contributed by atoms with E-state index in [2.05, 4.69) is 10.0 Å². The van der Waals surface area contributed by atoms with E-state index in [9.17, 15) is 27.6 Å². The van der Waals surface area contributed by atoms with Crippen LogP contribution in [0.15, 0.2) is 29.2 Å². The summed E-state index contributed by atoms with van der Waals surface area (Å²) >= 11 is 0. The number of hydrogen-bond donors (Lipinski definition) is 2. The van der Waals surface area contributed by atoms with Gasteiger partial charge in [0.1, 0.15) is 0 Å². The minimum Gasteiger partial charge on any atom is -0.469 e. The van der Waals surface area contributed by atoms with Crippen LogP contribution in [0.1, 0.15) is 26.2 Å². The van der Waals surface area contributed by atoms with Crippen LogP contribution in [0.4, 0.5) is 5.69 Å². The lowest BCUT2D eigenvalue weighted by molar-refractivity contribution is -0.154. The van der Waals surface area contributed by atoms with Crippen LogP contribution in [-0.2, 0) is 38.7 Å². The highest BCUT2D eigenvalue weighted by molar-refractivity contribution is 7.89. The first-order chi connectivity index (χ1) is 15.1. The highest BCUT2D eigenvalue weighted by atomic mass is 32.2. The Bertz CT molecular complexity index is 938. The second-order valence-corrected chi connectivity index (χ2v) is 8.96. The lowest BCUT2D eigenvalue weighted by Crippen LogP contribution is -2.42. The number of carbonyl (C=O) groups is 4. The molecule has 1 aliphatic rings. The number of amides is 2. The molecule has 1 aliphatic heterocycles. The van der Waals surface area contributed by atoms with Crippen LogP contribution >= 0.6 is 0 Å². The number of sulfonamides is 1. The van der Waals surface area contributed by atoms with E-state index < -0.39 is 22.6 Å². The van der Waals surface area contributed by atoms with Gasteiger partial charge in [-0.25, -0.2) is 13.1 Å². The zero-order valence-corrected chi connectivity index (χ0v) is 18.8. The molecule has 1 saturated heterocycles. The Balaban J connectivity index is 1.71. The highest BCUT2D eigenvalue weighted by Gasteiger charge is 2.28. The minimum absolute atomic E-state index is 0.0227. The molecule has 0 bridgehead atoms. The normalized spacial score (nSPS) is 14.5. The molecule has 1 fully saturated rings. The molecule has 0 unspecified atom stereocenters. The molecule has 1 aromatic carbocycles. The van der Waals surface area contributed by atoms with Crippen molar-refractivity contribution in [1.29, 1.82) is 0 Å². The fourth-order valence-corrected chi connectivity index (χ4v) is 4.16. The van der Waals surface area contributed by atoms with Crippen LogP contribution in [0.5, 0.6) is 0 Å². The molecule has 2 rings (SSSR count). The van der Waals surface area contributed by atoms with Gasteiger partial charge in [0, 0.05) is 32.2 Å². The summed E-state index contributed by atoms with van der Waals surface area (Å²) in [6.07, 6.45) is 0.723. The van der Waals surface area contributed by atoms with Gasteiger partial charge >= 0.3 is 11.9 Å². The molecule has 0 saturated carbocycles. The van der Waals surface area contributed by atoms with Gasteiger partial charge in [-0.1, -0.05) is 0 Å². The van der Waals surface area contributed by atoms with Gasteiger partial charge in [0.2, 0.25) is 15.9 Å². The predicted octanol–water partition coefficient (Wildman–Crippen LogP) is 0.268. The number of methoxy groups -OCH3 is 1. The topological polar surface area (TPSA) is 148 Å². The van der Waals surface area contributed by atoms with Crippen molar-refractivity contribution in [3.63, 3.8) is 0 Å². The Hall–Kier alpha value is -2.99. The van der Waals surface area contributed by atoms with Gasteiger partial charge in [0.25, 0.3) is 5.91 Å². The second-order valence-electron chi connectivity index (χ2n) is 7.19. The molecule has 0 spiro atoms. The SMILES string of the molecule is COC(=O)C1CCN(C(=O)COC(=O)CCNS(=O)(=O)c2ccc(NC(C)=O)cc2)CC1. The van der Waals surface area contributed by atoms with Crippen LogP contribution in [-0.4, -0.2) is 70.4 Å². The van der Waals surface area contributed by atoms with Gasteiger partial charge in [0.05, 0.1) is 24.3 Å². The standard InChI is InChI=1S/C20H27N3O8S/c1-14(24)22-16-3-5-17(6-4-16)32(28,29)21-10-7-19(26)31-13-18(25)23-11-8-15(9-12-23)20(27)30-2/h3-6,15,21H,7-13H2,1-2H3,(H,22,24). The molecule has 0 aromatic heterocycles. The molecule has 2 amide bonds. The third-order valence-corrected chi connectivity index (χ3v) is 6.32. The van der Waals surface area contributed by atoms with Gasteiger partial charge in [-0.15, -0.1) is 0 Å². The fourth-order valence-electron chi connectivity index (χ4n) is 3.13. The van der Waals surface area contributed by atoms with Crippen LogP contribution in [0, 0.1) is 5.92 Å². The third kappa shape index (κ3) is 7.61. The number of likely N-dealkylation sites (tertiary alicyclic amines) is 1. The van der Waals surface area contributed by atoms with E-state index in [1.54, 1.807) is 0 Å². The first kappa shape index (κ1) is 25.3. The van der Waals surface area contributed by atoms with Crippen molar-refractivity contribution in [1.82, 2.24) is 9.62 Å². The molecular weight excluding hydrogens is 442 g/mol. The number of carbonyl (C=O) groups excluding carboxylic acids is 4. The zero-order valence-electron chi connectivity index (χ0n) is 18.0. The van der Waals surface area contributed by atoms with Crippen molar-refractivity contribution >= 4 is 39.5 Å². The van der Waals surface area contributed by atoms with Crippen LogP contribution in [0.25, 0.3) is 0 Å². The first-order valence-electron chi connectivity index (χ1n) is 10.0. The molecule has 1 heterocycles. The summed E-state index contributed by atoms with van der Waals surface area (Å²) < 4.78 is 36.5. The molecule has 32 heavy (non-hydrogen) atoms. The third-order valence-electron chi connectivity index (χ3n) is 4.85. The maximum absolute atomic E-state index is 12.3. The van der Waals surface area contributed by atoms with Crippen molar-refractivity contribution in [2.45, 2.75) is 31.1 Å². The van der Waals surface area contributed by atoms with Crippen LogP contribution in [0.3, 0.4) is 0 Å². The predicted molar refractivity (Wildman–Crippen MR) is 113 cm³/mol. The molecule has 176 valence electrons. The summed E-state index contributed by atoms with van der Waals surface area (Å²) in [5.41, 5.74) is 0.458. The van der Waals surface area contributed by atoms with Crippen molar-refractivity contribution in [2.24, 2.45) is 5.92 Å². The number of ether oxygens (including phenoxy) is 2. The zero-order chi connectivity index (χ0) is 23.7. The van der Waals surface area contributed by atoms with Gasteiger partial charge < -0.3 is 19.7 Å². The number of nitrogens with zero attached hydrogens (tertiary/aromatic N) is 1. The number of rotatable bonds is 9. The monoisotopic (exact) mass is 469 g/mol. The number of nitrogens with one attached hydrogen (secondary N) is 2. The lowest BCUT2D eigenvalue weighted by Gasteiger charge is -2.30. The summed E-state index contributed by atoms with van der Waals surface area (Å²) in [5, 5.41) is 2.53. The molecule has 0 radical (unpaired) electrons. The summed E-state index contributed by atoms with van der Waals surface area (Å²) in [4.78, 5) is 48.0. The Morgan fingerprint density at radius 1 is 1.09 bits per heavy atom. The second kappa shape index (κ2) is 11.6. The molecule has 12 heteroatoms. The van der Waals surface area contributed by atoms with Gasteiger partial charge in [-0.05, 0) is 37.1 Å². The lowest BCUT2D eigenvalue weighted by atomic mass is 9.97. The van der Waals surface area contributed by atoms with Crippen molar-refractivity contribution in [3.8, 4) is 0 Å². The van der Waals surface area contributed by atoms with E-state index in [0.29, 0.717) is 31.6 Å². The quantitative estimate of drug-likeness (QED) is 0.490. The van der Waals surface area contributed by atoms with Crippen LogP contribution < -0.4 is 10.0 Å². The van der Waals surface area contributed by atoms with E-state index in [-0.39, 0.29) is 41.6 Å². The number of hydrogen-bond acceptors (Lipinski definition) is 8. The summed E-state index contributed by atoms with van der Waals surface area (Å²) in [5.74, 6) is -1.90. The van der Waals surface area contributed by atoms with E-state index in [1.807, 2.05) is 0 Å². The Kier molecular flexibility index (Phi) is 9.14. The molecule has 1 aromatic rings. The first-order valence-corrected chi connectivity index (χ1v) is 11.5. The number of anilines is 1. The van der Waals surface area contributed by atoms with E-state index in [1.165, 1.54) is 43.2 Å². The number of benzene rings is 1. The average Bonchev–Trinajstić information content (AvgIpc) is 2.77. The molecule has 0 aliphatic carbocycles. The summed E-state index contributed by atoms with van der Waals surface area (Å²) in [6, 6.07) is 5.55. The highest BCUT2D eigenvalue weighted by Crippen LogP contribution is 2.18. The van der Waals surface area contributed by atoms with E-state index in [4.69, 9.17) is 9.47 Å². The van der Waals surface area contributed by atoms with Crippen molar-refractivity contribution in [2.75, 3.05) is 38.7 Å². The smallest absolute Gasteiger partial charge is 0.308 e. The molecular formula is C20H27N3O8S. The Morgan fingerprint density at radius 3 is 2.28 bits per heavy atom. The van der Waals surface area contributed by atoms with Crippen molar-refractivity contribution in [3.05, 3.63) is 24.3 Å². The largest absolute Gasteiger partial charge is 0.469 e. The van der Waals surface area contributed by atoms with E-state index >= 15 is 0 Å². The van der Waals surface area contributed by atoms with Gasteiger partial charge in [-0.3, -0.25) is 19.2 Å². The Labute approximate surface area is 186 Å². The fraction of sp³-hybridized carbons (Fsp3) is 0.500. The van der Waals surface area contributed by atoms with Gasteiger partial charge in [-0.2, -0.15) is 0 Å². The summed E-state index contributed by atoms with van der Waals surface area (Å²) in [6.45, 7) is 1.44. The molecule has 2 N–H and O–H groups in total. The maximum Gasteiger partial charge on any atom is 0.308 e. The van der Waals surface area contributed by atoms with E-state index in [0.717, 1.165) is 0 Å². The summed E-state index contributed by atoms with van der Waals surface area (Å²) in [7, 11) is -2.52. The maximum atomic E-state index is 12.3. The van der Waals surface area contributed by atoms with Crippen molar-refractivity contribution < 1.29 is 37.1 Å². The average molecular weight is 470 g/mol. The molecule has 11 nitrogen and oxygen atoms in total. The van der Waals surface area contributed by atoms with Crippen LogP contribution in [0.2, 0.25) is 0 Å². The number of esters is 2.